The highest BCUT2D eigenvalue weighted by atomic mass is 79.9. The number of carbonyl (C=O) groups is 2. The SMILES string of the molecule is CCC[C@@]1(c2ccccc2)NC(=O)N(Cc2cc3c(cc2Br)OCO3)C1=O. The number of rotatable bonds is 5. The number of imide groups is 1. The minimum absolute atomic E-state index is 0.153. The molecule has 6 nitrogen and oxygen atoms in total. The van der Waals surface area contributed by atoms with E-state index in [1.807, 2.05) is 37.3 Å². The maximum atomic E-state index is 13.3. The van der Waals surface area contributed by atoms with Crippen molar-refractivity contribution in [3.05, 3.63) is 58.1 Å². The van der Waals surface area contributed by atoms with Crippen molar-refractivity contribution in [2.45, 2.75) is 31.8 Å². The number of ether oxygens (including phenoxy) is 2. The molecule has 7 heteroatoms. The van der Waals surface area contributed by atoms with Gasteiger partial charge in [0.15, 0.2) is 11.5 Å². The number of fused-ring (bicyclic) bond motifs is 1. The highest BCUT2D eigenvalue weighted by Crippen LogP contribution is 2.39. The number of nitrogens with zero attached hydrogens (tertiary/aromatic N) is 1. The van der Waals surface area contributed by atoms with Gasteiger partial charge in [0.2, 0.25) is 6.79 Å². The predicted molar refractivity (Wildman–Crippen MR) is 102 cm³/mol. The molecular formula is C20H19BrN2O4. The Morgan fingerprint density at radius 1 is 1.15 bits per heavy atom. The van der Waals surface area contributed by atoms with Crippen molar-refractivity contribution in [1.82, 2.24) is 10.2 Å². The fraction of sp³-hybridized carbons (Fsp3) is 0.300. The summed E-state index contributed by atoms with van der Waals surface area (Å²) in [6, 6.07) is 12.6. The molecule has 0 radical (unpaired) electrons. The van der Waals surface area contributed by atoms with Gasteiger partial charge in [-0.05, 0) is 29.7 Å². The van der Waals surface area contributed by atoms with Crippen LogP contribution in [0.4, 0.5) is 4.79 Å². The van der Waals surface area contributed by atoms with Crippen LogP contribution in [0.3, 0.4) is 0 Å². The van der Waals surface area contributed by atoms with Crippen LogP contribution >= 0.6 is 15.9 Å². The molecule has 140 valence electrons. The number of carbonyl (C=O) groups excluding carboxylic acids is 2. The van der Waals surface area contributed by atoms with Crippen LogP contribution in [0.1, 0.15) is 30.9 Å². The summed E-state index contributed by atoms with van der Waals surface area (Å²) in [5, 5.41) is 2.94. The van der Waals surface area contributed by atoms with Crippen molar-refractivity contribution in [2.24, 2.45) is 0 Å². The Labute approximate surface area is 165 Å². The third-order valence-corrected chi connectivity index (χ3v) is 5.68. The Morgan fingerprint density at radius 2 is 1.85 bits per heavy atom. The number of nitrogens with one attached hydrogen (secondary N) is 1. The lowest BCUT2D eigenvalue weighted by molar-refractivity contribution is -0.132. The van der Waals surface area contributed by atoms with E-state index in [9.17, 15) is 9.59 Å². The van der Waals surface area contributed by atoms with E-state index in [1.165, 1.54) is 4.90 Å². The van der Waals surface area contributed by atoms with Crippen molar-refractivity contribution in [3.8, 4) is 11.5 Å². The monoisotopic (exact) mass is 430 g/mol. The largest absolute Gasteiger partial charge is 0.454 e. The zero-order valence-corrected chi connectivity index (χ0v) is 16.4. The number of hydrogen-bond donors (Lipinski definition) is 1. The van der Waals surface area contributed by atoms with E-state index in [-0.39, 0.29) is 25.3 Å². The van der Waals surface area contributed by atoms with Gasteiger partial charge < -0.3 is 14.8 Å². The molecule has 0 unspecified atom stereocenters. The molecule has 27 heavy (non-hydrogen) atoms. The summed E-state index contributed by atoms with van der Waals surface area (Å²) >= 11 is 3.50. The molecule has 2 aromatic carbocycles. The summed E-state index contributed by atoms with van der Waals surface area (Å²) < 4.78 is 11.5. The summed E-state index contributed by atoms with van der Waals surface area (Å²) in [6.07, 6.45) is 1.31. The van der Waals surface area contributed by atoms with Gasteiger partial charge in [0.25, 0.3) is 5.91 Å². The smallest absolute Gasteiger partial charge is 0.325 e. The summed E-state index contributed by atoms with van der Waals surface area (Å²) in [6.45, 7) is 2.32. The summed E-state index contributed by atoms with van der Waals surface area (Å²) in [5.41, 5.74) is 0.566. The third-order valence-electron chi connectivity index (χ3n) is 4.94. The Kier molecular flexibility index (Phi) is 4.55. The Bertz CT molecular complexity index is 902. The number of urea groups is 1. The number of halogens is 1. The fourth-order valence-corrected chi connectivity index (χ4v) is 4.08. The molecule has 0 saturated carbocycles. The molecule has 2 aliphatic rings. The zero-order chi connectivity index (χ0) is 19.0. The predicted octanol–water partition coefficient (Wildman–Crippen LogP) is 3.93. The molecule has 0 spiro atoms. The van der Waals surface area contributed by atoms with Gasteiger partial charge in [-0.15, -0.1) is 0 Å². The van der Waals surface area contributed by atoms with Crippen LogP contribution in [0.25, 0.3) is 0 Å². The van der Waals surface area contributed by atoms with Gasteiger partial charge in [0, 0.05) is 4.47 Å². The Balaban J connectivity index is 1.67. The molecule has 1 fully saturated rings. The molecule has 4 rings (SSSR count). The molecule has 1 saturated heterocycles. The average molecular weight is 431 g/mol. The van der Waals surface area contributed by atoms with Crippen LogP contribution < -0.4 is 14.8 Å². The van der Waals surface area contributed by atoms with E-state index in [4.69, 9.17) is 9.47 Å². The van der Waals surface area contributed by atoms with Gasteiger partial charge in [0.05, 0.1) is 6.54 Å². The normalized spacial score (nSPS) is 20.9. The van der Waals surface area contributed by atoms with E-state index >= 15 is 0 Å². The number of benzene rings is 2. The van der Waals surface area contributed by atoms with Crippen molar-refractivity contribution >= 4 is 27.9 Å². The van der Waals surface area contributed by atoms with Crippen LogP contribution in [0, 0.1) is 0 Å². The van der Waals surface area contributed by atoms with Crippen LogP contribution in [-0.2, 0) is 16.9 Å². The van der Waals surface area contributed by atoms with E-state index in [0.717, 1.165) is 22.0 Å². The van der Waals surface area contributed by atoms with Gasteiger partial charge >= 0.3 is 6.03 Å². The molecule has 2 aromatic rings. The lowest BCUT2D eigenvalue weighted by atomic mass is 9.85. The summed E-state index contributed by atoms with van der Waals surface area (Å²) in [5.74, 6) is 1.03. The molecule has 1 atom stereocenters. The zero-order valence-electron chi connectivity index (χ0n) is 14.8. The van der Waals surface area contributed by atoms with Crippen molar-refractivity contribution in [2.75, 3.05) is 6.79 Å². The minimum Gasteiger partial charge on any atom is -0.454 e. The first-order valence-electron chi connectivity index (χ1n) is 8.83. The van der Waals surface area contributed by atoms with Gasteiger partial charge in [-0.25, -0.2) is 4.79 Å². The van der Waals surface area contributed by atoms with E-state index in [0.29, 0.717) is 17.9 Å². The third kappa shape index (κ3) is 2.96. The molecule has 3 amide bonds. The van der Waals surface area contributed by atoms with Crippen LogP contribution in [-0.4, -0.2) is 23.6 Å². The summed E-state index contributed by atoms with van der Waals surface area (Å²) in [4.78, 5) is 27.3. The maximum absolute atomic E-state index is 13.3. The quantitative estimate of drug-likeness (QED) is 0.729. The van der Waals surface area contributed by atoms with Gasteiger partial charge in [-0.2, -0.15) is 0 Å². The van der Waals surface area contributed by atoms with E-state index in [2.05, 4.69) is 21.2 Å². The number of amides is 3. The van der Waals surface area contributed by atoms with Crippen molar-refractivity contribution in [3.63, 3.8) is 0 Å². The van der Waals surface area contributed by atoms with E-state index in [1.54, 1.807) is 12.1 Å². The van der Waals surface area contributed by atoms with Gasteiger partial charge in [-0.3, -0.25) is 9.69 Å². The second-order valence-electron chi connectivity index (χ2n) is 6.64. The van der Waals surface area contributed by atoms with Gasteiger partial charge in [-0.1, -0.05) is 59.6 Å². The first kappa shape index (κ1) is 17.9. The molecular weight excluding hydrogens is 412 g/mol. The van der Waals surface area contributed by atoms with Crippen LogP contribution in [0.5, 0.6) is 11.5 Å². The molecule has 1 N–H and O–H groups in total. The topological polar surface area (TPSA) is 67.9 Å². The lowest BCUT2D eigenvalue weighted by Gasteiger charge is -2.27. The molecule has 2 aliphatic heterocycles. The average Bonchev–Trinajstić information content (AvgIpc) is 3.21. The number of hydrogen-bond acceptors (Lipinski definition) is 4. The molecule has 0 bridgehead atoms. The fourth-order valence-electron chi connectivity index (χ4n) is 3.63. The highest BCUT2D eigenvalue weighted by Gasteiger charge is 2.51. The Morgan fingerprint density at radius 3 is 2.56 bits per heavy atom. The molecule has 0 aromatic heterocycles. The minimum atomic E-state index is -1.02. The van der Waals surface area contributed by atoms with Crippen molar-refractivity contribution in [1.29, 1.82) is 0 Å². The summed E-state index contributed by atoms with van der Waals surface area (Å²) in [7, 11) is 0. The standard InChI is InChI=1S/C20H19BrN2O4/c1-2-8-20(14-6-4-3-5-7-14)18(24)23(19(25)22-20)11-13-9-16-17(10-15(13)21)27-12-26-16/h3-7,9-10H,2,8,11-12H2,1H3,(H,22,25)/t20-/m0/s1. The second kappa shape index (κ2) is 6.88. The van der Waals surface area contributed by atoms with E-state index < -0.39 is 5.54 Å². The highest BCUT2D eigenvalue weighted by molar-refractivity contribution is 9.10. The van der Waals surface area contributed by atoms with Crippen molar-refractivity contribution < 1.29 is 19.1 Å². The maximum Gasteiger partial charge on any atom is 0.325 e. The molecule has 2 heterocycles. The van der Waals surface area contributed by atoms with Gasteiger partial charge in [0.1, 0.15) is 5.54 Å². The second-order valence-corrected chi connectivity index (χ2v) is 7.49. The van der Waals surface area contributed by atoms with Crippen LogP contribution in [0.15, 0.2) is 46.9 Å². The Hall–Kier alpha value is -2.54. The first-order chi connectivity index (χ1) is 13.0. The first-order valence-corrected chi connectivity index (χ1v) is 9.62. The lowest BCUT2D eigenvalue weighted by Crippen LogP contribution is -2.43. The molecule has 0 aliphatic carbocycles. The van der Waals surface area contributed by atoms with Crippen LogP contribution in [0.2, 0.25) is 0 Å².